The number of aliphatic carboxylic acids is 1. The van der Waals surface area contributed by atoms with E-state index in [1.165, 1.54) is 0 Å². The van der Waals surface area contributed by atoms with Gasteiger partial charge in [-0.2, -0.15) is 0 Å². The van der Waals surface area contributed by atoms with E-state index in [1.54, 1.807) is 0 Å². The van der Waals surface area contributed by atoms with Gasteiger partial charge >= 0.3 is 11.9 Å². The Kier molecular flexibility index (Phi) is 3.37. The van der Waals surface area contributed by atoms with Gasteiger partial charge in [-0.3, -0.25) is 9.80 Å². The maximum atomic E-state index is 10.3. The molecule has 4 N–H and O–H groups in total. The third-order valence-corrected chi connectivity index (χ3v) is 0.785. The Morgan fingerprint density at radius 3 is 2.30 bits per heavy atom. The number of aliphatic hydroxyl groups is 1. The molecule has 0 aliphatic rings. The number of carboxylic acids is 1. The van der Waals surface area contributed by atoms with Crippen molar-refractivity contribution in [3.63, 3.8) is 0 Å². The number of hydrogen-bond donors (Lipinski definition) is 3. The predicted molar refractivity (Wildman–Crippen MR) is 30.6 cm³/mol. The highest BCUT2D eigenvalue weighted by molar-refractivity contribution is 6.31. The molecule has 6 nitrogen and oxygen atoms in total. The molecule has 0 fully saturated rings. The van der Waals surface area contributed by atoms with Crippen LogP contribution in [0.1, 0.15) is 0 Å². The minimum Gasteiger partial charge on any atom is -0.474 e. The monoisotopic (exact) mass is 148 g/mol. The summed E-state index contributed by atoms with van der Waals surface area (Å²) in [6.07, 6.45) is 0. The van der Waals surface area contributed by atoms with Gasteiger partial charge in [0.2, 0.25) is 0 Å². The fraction of sp³-hybridized carbons (Fsp3) is 0.500. The number of nitrogens with zero attached hydrogens (tertiary/aromatic N) is 1. The van der Waals surface area contributed by atoms with Crippen LogP contribution in [0.5, 0.6) is 0 Å². The van der Waals surface area contributed by atoms with Crippen LogP contribution in [-0.2, 0) is 9.59 Å². The van der Waals surface area contributed by atoms with Crippen LogP contribution >= 0.6 is 0 Å². The van der Waals surface area contributed by atoms with E-state index < -0.39 is 11.9 Å². The molecule has 58 valence electrons. The normalized spacial score (nSPS) is 9.00. The lowest BCUT2D eigenvalue weighted by Crippen LogP contribution is -2.43. The van der Waals surface area contributed by atoms with Crippen molar-refractivity contribution in [2.45, 2.75) is 0 Å². The van der Waals surface area contributed by atoms with Gasteiger partial charge in [0.05, 0.1) is 13.2 Å². The second kappa shape index (κ2) is 3.80. The third-order valence-electron chi connectivity index (χ3n) is 0.785. The van der Waals surface area contributed by atoms with Gasteiger partial charge in [0, 0.05) is 0 Å². The number of hydrazine groups is 1. The van der Waals surface area contributed by atoms with E-state index in [-0.39, 0.29) is 13.2 Å². The number of carbonyl (C=O) groups excluding carboxylic acids is 1. The van der Waals surface area contributed by atoms with Crippen molar-refractivity contribution < 1.29 is 19.8 Å². The Labute approximate surface area is 56.8 Å². The van der Waals surface area contributed by atoms with Crippen molar-refractivity contribution in [3.8, 4) is 0 Å². The topological polar surface area (TPSA) is 104 Å². The van der Waals surface area contributed by atoms with E-state index in [0.29, 0.717) is 5.01 Å². The van der Waals surface area contributed by atoms with Crippen LogP contribution in [0.3, 0.4) is 0 Å². The van der Waals surface area contributed by atoms with Crippen molar-refractivity contribution in [2.24, 2.45) is 5.84 Å². The number of carbonyl (C=O) groups is 2. The van der Waals surface area contributed by atoms with Crippen LogP contribution in [0.4, 0.5) is 0 Å². The molecule has 0 aliphatic carbocycles. The first-order valence-corrected chi connectivity index (χ1v) is 2.50. The van der Waals surface area contributed by atoms with Crippen LogP contribution in [0.2, 0.25) is 0 Å². The highest BCUT2D eigenvalue weighted by Gasteiger charge is 2.16. The molecule has 1 amide bonds. The Bertz CT molecular complexity index is 146. The van der Waals surface area contributed by atoms with Gasteiger partial charge in [-0.25, -0.2) is 10.6 Å². The fourth-order valence-electron chi connectivity index (χ4n) is 0.332. The summed E-state index contributed by atoms with van der Waals surface area (Å²) < 4.78 is 0. The average molecular weight is 148 g/mol. The molecule has 0 spiro atoms. The van der Waals surface area contributed by atoms with Crippen molar-refractivity contribution in [1.29, 1.82) is 0 Å². The van der Waals surface area contributed by atoms with Crippen molar-refractivity contribution >= 4 is 11.9 Å². The molecule has 0 bridgehead atoms. The van der Waals surface area contributed by atoms with E-state index in [9.17, 15) is 9.59 Å². The van der Waals surface area contributed by atoms with Gasteiger partial charge in [-0.15, -0.1) is 0 Å². The first-order valence-electron chi connectivity index (χ1n) is 2.50. The molecule has 10 heavy (non-hydrogen) atoms. The molecule has 6 heteroatoms. The molecule has 0 aliphatic heterocycles. The summed E-state index contributed by atoms with van der Waals surface area (Å²) in [4.78, 5) is 20.2. The van der Waals surface area contributed by atoms with E-state index >= 15 is 0 Å². The lowest BCUT2D eigenvalue weighted by Gasteiger charge is -2.10. The Morgan fingerprint density at radius 1 is 1.50 bits per heavy atom. The van der Waals surface area contributed by atoms with E-state index in [1.807, 2.05) is 0 Å². The number of hydrogen-bond acceptors (Lipinski definition) is 4. The summed E-state index contributed by atoms with van der Waals surface area (Å²) in [6, 6.07) is 0. The zero-order valence-electron chi connectivity index (χ0n) is 5.15. The fourth-order valence-corrected chi connectivity index (χ4v) is 0.332. The first-order chi connectivity index (χ1) is 4.59. The van der Waals surface area contributed by atoms with Crippen molar-refractivity contribution in [1.82, 2.24) is 5.01 Å². The van der Waals surface area contributed by atoms with Crippen LogP contribution in [0.15, 0.2) is 0 Å². The molecular weight excluding hydrogens is 140 g/mol. The summed E-state index contributed by atoms with van der Waals surface area (Å²) in [5.41, 5.74) is 0. The van der Waals surface area contributed by atoms with Gasteiger partial charge in [0.25, 0.3) is 0 Å². The van der Waals surface area contributed by atoms with Crippen LogP contribution < -0.4 is 5.84 Å². The zero-order chi connectivity index (χ0) is 8.15. The number of carboxylic acid groups (broad SMARTS) is 1. The number of nitrogens with two attached hydrogens (primary N) is 1. The summed E-state index contributed by atoms with van der Waals surface area (Å²) in [5.74, 6) is 2.02. The maximum absolute atomic E-state index is 10.3. The molecule has 0 unspecified atom stereocenters. The smallest absolute Gasteiger partial charge is 0.395 e. The average Bonchev–Trinajstić information content (AvgIpc) is 1.87. The summed E-state index contributed by atoms with van der Waals surface area (Å²) in [5, 5.41) is 16.7. The quantitative estimate of drug-likeness (QED) is 0.178. The minimum absolute atomic E-state index is 0.175. The van der Waals surface area contributed by atoms with Gasteiger partial charge in [-0.1, -0.05) is 0 Å². The Morgan fingerprint density at radius 2 is 2.00 bits per heavy atom. The second-order valence-corrected chi connectivity index (χ2v) is 1.53. The standard InChI is InChI=1S/C4H8N2O4/c5-6(1-2-7)3(8)4(9)10/h7H,1-2,5H2,(H,9,10). The molecule has 0 rings (SSSR count). The number of aliphatic hydroxyl groups excluding tert-OH is 1. The number of rotatable bonds is 2. The van der Waals surface area contributed by atoms with Crippen molar-refractivity contribution in [2.75, 3.05) is 13.2 Å². The zero-order valence-corrected chi connectivity index (χ0v) is 5.15. The summed E-state index contributed by atoms with van der Waals surface area (Å²) in [7, 11) is 0. The summed E-state index contributed by atoms with van der Waals surface area (Å²) in [6.45, 7) is -0.527. The third kappa shape index (κ3) is 2.42. The Hall–Kier alpha value is -1.14. The Balaban J connectivity index is 3.82. The SMILES string of the molecule is NN(CCO)C(=O)C(=O)O. The maximum Gasteiger partial charge on any atom is 0.395 e. The van der Waals surface area contributed by atoms with Gasteiger partial charge in [-0.05, 0) is 0 Å². The molecule has 0 radical (unpaired) electrons. The lowest BCUT2D eigenvalue weighted by atomic mass is 10.5. The molecule has 0 saturated heterocycles. The lowest BCUT2D eigenvalue weighted by molar-refractivity contribution is -0.156. The van der Waals surface area contributed by atoms with Crippen molar-refractivity contribution in [3.05, 3.63) is 0 Å². The first kappa shape index (κ1) is 8.86. The largest absolute Gasteiger partial charge is 0.474 e. The van der Waals surface area contributed by atoms with Crippen LogP contribution in [0.25, 0.3) is 0 Å². The van der Waals surface area contributed by atoms with Crippen LogP contribution in [-0.4, -0.2) is 40.3 Å². The summed E-state index contributed by atoms with van der Waals surface area (Å²) >= 11 is 0. The molecule has 0 atom stereocenters. The van der Waals surface area contributed by atoms with Gasteiger partial charge in [0.15, 0.2) is 0 Å². The van der Waals surface area contributed by atoms with E-state index in [4.69, 9.17) is 16.1 Å². The van der Waals surface area contributed by atoms with Gasteiger partial charge in [0.1, 0.15) is 0 Å². The molecule has 0 aromatic carbocycles. The van der Waals surface area contributed by atoms with Crippen LogP contribution in [0, 0.1) is 0 Å². The molecule has 0 saturated carbocycles. The number of amides is 1. The molecule has 0 aromatic heterocycles. The molecule has 0 heterocycles. The highest BCUT2D eigenvalue weighted by Crippen LogP contribution is 1.78. The van der Waals surface area contributed by atoms with Gasteiger partial charge < -0.3 is 10.2 Å². The predicted octanol–water partition coefficient (Wildman–Crippen LogP) is -2.23. The second-order valence-electron chi connectivity index (χ2n) is 1.53. The van der Waals surface area contributed by atoms with E-state index in [2.05, 4.69) is 0 Å². The van der Waals surface area contributed by atoms with E-state index in [0.717, 1.165) is 0 Å². The molecule has 0 aromatic rings. The highest BCUT2D eigenvalue weighted by atomic mass is 16.4. The molecular formula is C4H8N2O4. The minimum atomic E-state index is -1.63.